The van der Waals surface area contributed by atoms with Gasteiger partial charge in [0.2, 0.25) is 0 Å². The minimum atomic E-state index is 0.201. The zero-order chi connectivity index (χ0) is 14.7. The number of hydrogen-bond acceptors (Lipinski definition) is 5. The van der Waals surface area contributed by atoms with Crippen LogP contribution in [0.15, 0.2) is 36.5 Å². The Bertz CT molecular complexity index is 738. The van der Waals surface area contributed by atoms with Crippen LogP contribution in [0.5, 0.6) is 11.5 Å². The molecule has 0 spiro atoms. The van der Waals surface area contributed by atoms with Gasteiger partial charge in [0.05, 0.1) is 23.8 Å². The van der Waals surface area contributed by atoms with Crippen LogP contribution in [0.1, 0.15) is 0 Å². The lowest BCUT2D eigenvalue weighted by atomic mass is 10.3. The number of fused-ring (bicyclic) bond motifs is 1. The molecule has 0 saturated carbocycles. The molecule has 2 aromatic heterocycles. The molecule has 0 saturated heterocycles. The first kappa shape index (κ1) is 13.4. The molecular formula is C15H15N3O3. The van der Waals surface area contributed by atoms with Crippen molar-refractivity contribution in [2.24, 2.45) is 0 Å². The van der Waals surface area contributed by atoms with Gasteiger partial charge in [0, 0.05) is 13.2 Å². The number of hydrogen-bond donors (Lipinski definition) is 2. The van der Waals surface area contributed by atoms with Crippen LogP contribution < -0.4 is 4.74 Å². The second kappa shape index (κ2) is 5.80. The fourth-order valence-corrected chi connectivity index (χ4v) is 1.97. The van der Waals surface area contributed by atoms with Crippen molar-refractivity contribution in [2.45, 2.75) is 0 Å². The minimum Gasteiger partial charge on any atom is -0.508 e. The number of rotatable bonds is 5. The number of H-pyrrole nitrogens is 1. The molecule has 6 heteroatoms. The number of methoxy groups -OCH3 is 1. The third kappa shape index (κ3) is 2.95. The third-order valence-electron chi connectivity index (χ3n) is 3.00. The third-order valence-corrected chi connectivity index (χ3v) is 3.00. The van der Waals surface area contributed by atoms with Gasteiger partial charge in [-0.05, 0) is 24.3 Å². The first-order valence-electron chi connectivity index (χ1n) is 6.53. The van der Waals surface area contributed by atoms with E-state index >= 15 is 0 Å². The van der Waals surface area contributed by atoms with E-state index in [0.717, 1.165) is 11.0 Å². The second-order valence-electron chi connectivity index (χ2n) is 4.51. The molecule has 0 amide bonds. The van der Waals surface area contributed by atoms with Gasteiger partial charge in [-0.2, -0.15) is 0 Å². The Morgan fingerprint density at radius 2 is 2.10 bits per heavy atom. The number of ether oxygens (including phenoxy) is 2. The molecule has 108 valence electrons. The van der Waals surface area contributed by atoms with E-state index in [0.29, 0.717) is 30.5 Å². The van der Waals surface area contributed by atoms with Gasteiger partial charge in [-0.25, -0.2) is 9.97 Å². The van der Waals surface area contributed by atoms with Crippen LogP contribution in [0.2, 0.25) is 0 Å². The number of imidazole rings is 1. The first-order valence-corrected chi connectivity index (χ1v) is 6.53. The summed E-state index contributed by atoms with van der Waals surface area (Å²) in [4.78, 5) is 11.9. The maximum atomic E-state index is 9.46. The lowest BCUT2D eigenvalue weighted by Gasteiger charge is -2.04. The topological polar surface area (TPSA) is 80.3 Å². The number of nitrogens with zero attached hydrogens (tertiary/aromatic N) is 2. The molecule has 1 aromatic carbocycles. The summed E-state index contributed by atoms with van der Waals surface area (Å²) in [5.74, 6) is 1.54. The number of aromatic nitrogens is 3. The molecule has 3 rings (SSSR count). The summed E-state index contributed by atoms with van der Waals surface area (Å²) < 4.78 is 10.4. The van der Waals surface area contributed by atoms with Crippen molar-refractivity contribution in [3.63, 3.8) is 0 Å². The van der Waals surface area contributed by atoms with E-state index in [-0.39, 0.29) is 5.75 Å². The summed E-state index contributed by atoms with van der Waals surface area (Å²) in [7, 11) is 1.63. The van der Waals surface area contributed by atoms with Crippen LogP contribution in [-0.4, -0.2) is 40.4 Å². The van der Waals surface area contributed by atoms with E-state index in [1.807, 2.05) is 12.1 Å². The lowest BCUT2D eigenvalue weighted by Crippen LogP contribution is -2.04. The maximum absolute atomic E-state index is 9.46. The molecule has 0 aliphatic rings. The van der Waals surface area contributed by atoms with Crippen LogP contribution in [0, 0.1) is 0 Å². The smallest absolute Gasteiger partial charge is 0.157 e. The number of pyridine rings is 1. The number of benzene rings is 1. The van der Waals surface area contributed by atoms with E-state index in [1.165, 1.54) is 0 Å². The van der Waals surface area contributed by atoms with E-state index in [2.05, 4.69) is 15.0 Å². The molecule has 0 unspecified atom stereocenters. The van der Waals surface area contributed by atoms with Crippen molar-refractivity contribution < 1.29 is 14.6 Å². The van der Waals surface area contributed by atoms with E-state index in [4.69, 9.17) is 9.47 Å². The highest BCUT2D eigenvalue weighted by Crippen LogP contribution is 2.23. The van der Waals surface area contributed by atoms with E-state index in [1.54, 1.807) is 31.5 Å². The molecule has 0 fully saturated rings. The zero-order valence-electron chi connectivity index (χ0n) is 11.5. The molecular weight excluding hydrogens is 270 g/mol. The van der Waals surface area contributed by atoms with Gasteiger partial charge in [-0.15, -0.1) is 0 Å². The van der Waals surface area contributed by atoms with Crippen molar-refractivity contribution in [1.29, 1.82) is 0 Å². The molecule has 21 heavy (non-hydrogen) atoms. The molecule has 3 aromatic rings. The Morgan fingerprint density at radius 1 is 1.19 bits per heavy atom. The summed E-state index contributed by atoms with van der Waals surface area (Å²) in [6, 6.07) is 8.66. The molecule has 0 radical (unpaired) electrons. The van der Waals surface area contributed by atoms with Crippen LogP contribution in [-0.2, 0) is 4.74 Å². The molecule has 0 aliphatic carbocycles. The molecule has 2 heterocycles. The van der Waals surface area contributed by atoms with Crippen LogP contribution in [0.3, 0.4) is 0 Å². The number of phenols is 1. The predicted octanol–water partition coefficient (Wildman–Crippen LogP) is 2.36. The number of aromatic amines is 1. The SMILES string of the molecule is COCCOc1ccc(-c2nc3ccc(O)cc3[nH]2)nc1. The minimum absolute atomic E-state index is 0.201. The number of nitrogens with one attached hydrogen (secondary N) is 1. The summed E-state index contributed by atoms with van der Waals surface area (Å²) in [6.07, 6.45) is 1.65. The lowest BCUT2D eigenvalue weighted by molar-refractivity contribution is 0.146. The Morgan fingerprint density at radius 3 is 2.86 bits per heavy atom. The first-order chi connectivity index (χ1) is 10.3. The van der Waals surface area contributed by atoms with Gasteiger partial charge in [0.15, 0.2) is 5.82 Å². The Balaban J connectivity index is 1.81. The quantitative estimate of drug-likeness (QED) is 0.703. The van der Waals surface area contributed by atoms with E-state index < -0.39 is 0 Å². The monoisotopic (exact) mass is 285 g/mol. The number of phenolic OH excluding ortho intramolecular Hbond substituents is 1. The molecule has 0 atom stereocenters. The van der Waals surface area contributed by atoms with Gasteiger partial charge in [-0.3, -0.25) is 0 Å². The average molecular weight is 285 g/mol. The molecule has 0 aliphatic heterocycles. The Hall–Kier alpha value is -2.60. The van der Waals surface area contributed by atoms with Gasteiger partial charge in [-0.1, -0.05) is 0 Å². The Kier molecular flexibility index (Phi) is 3.70. The van der Waals surface area contributed by atoms with Gasteiger partial charge in [0.1, 0.15) is 23.8 Å². The second-order valence-corrected chi connectivity index (χ2v) is 4.51. The standard InChI is InChI=1S/C15H15N3O3/c1-20-6-7-21-11-3-5-13(16-9-11)15-17-12-4-2-10(19)8-14(12)18-15/h2-5,8-9,19H,6-7H2,1H3,(H,17,18). The van der Waals surface area contributed by atoms with Crippen molar-refractivity contribution in [3.8, 4) is 23.0 Å². The molecule has 2 N–H and O–H groups in total. The van der Waals surface area contributed by atoms with Gasteiger partial charge < -0.3 is 19.6 Å². The maximum Gasteiger partial charge on any atom is 0.157 e. The van der Waals surface area contributed by atoms with Crippen LogP contribution in [0.4, 0.5) is 0 Å². The van der Waals surface area contributed by atoms with E-state index in [9.17, 15) is 5.11 Å². The molecule has 6 nitrogen and oxygen atoms in total. The molecule has 0 bridgehead atoms. The Labute approximate surface area is 121 Å². The zero-order valence-corrected chi connectivity index (χ0v) is 11.5. The summed E-state index contributed by atoms with van der Waals surface area (Å²) in [6.45, 7) is 1.02. The largest absolute Gasteiger partial charge is 0.508 e. The van der Waals surface area contributed by atoms with Crippen molar-refractivity contribution in [3.05, 3.63) is 36.5 Å². The fourth-order valence-electron chi connectivity index (χ4n) is 1.97. The summed E-state index contributed by atoms with van der Waals surface area (Å²) in [5, 5.41) is 9.46. The van der Waals surface area contributed by atoms with Crippen LogP contribution in [0.25, 0.3) is 22.6 Å². The van der Waals surface area contributed by atoms with Crippen LogP contribution >= 0.6 is 0 Å². The average Bonchev–Trinajstić information content (AvgIpc) is 2.91. The van der Waals surface area contributed by atoms with Crippen molar-refractivity contribution in [2.75, 3.05) is 20.3 Å². The van der Waals surface area contributed by atoms with Crippen molar-refractivity contribution in [1.82, 2.24) is 15.0 Å². The number of aromatic hydroxyl groups is 1. The predicted molar refractivity (Wildman–Crippen MR) is 78.4 cm³/mol. The summed E-state index contributed by atoms with van der Waals surface area (Å²) >= 11 is 0. The highest BCUT2D eigenvalue weighted by atomic mass is 16.5. The summed E-state index contributed by atoms with van der Waals surface area (Å²) in [5.41, 5.74) is 2.27. The normalized spacial score (nSPS) is 10.9. The van der Waals surface area contributed by atoms with Gasteiger partial charge >= 0.3 is 0 Å². The fraction of sp³-hybridized carbons (Fsp3) is 0.200. The van der Waals surface area contributed by atoms with Crippen molar-refractivity contribution >= 4 is 11.0 Å². The highest BCUT2D eigenvalue weighted by Gasteiger charge is 2.07. The van der Waals surface area contributed by atoms with Gasteiger partial charge in [0.25, 0.3) is 0 Å². The highest BCUT2D eigenvalue weighted by molar-refractivity contribution is 5.80.